The Morgan fingerprint density at radius 3 is 2.81 bits per heavy atom. The fraction of sp³-hybridized carbons (Fsp3) is 0.562. The fourth-order valence-corrected chi connectivity index (χ4v) is 4.01. The first-order valence-electron chi connectivity index (χ1n) is 7.59. The zero-order valence-electron chi connectivity index (χ0n) is 11.9. The van der Waals surface area contributed by atoms with Gasteiger partial charge in [-0.15, -0.1) is 11.6 Å². The average molecular weight is 421 g/mol. The van der Waals surface area contributed by atoms with Crippen LogP contribution in [0, 0.1) is 15.3 Å². The Morgan fingerprint density at radius 2 is 2.10 bits per heavy atom. The highest BCUT2D eigenvalue weighted by molar-refractivity contribution is 14.1. The van der Waals surface area contributed by atoms with Crippen LogP contribution in [0.25, 0.3) is 11.0 Å². The monoisotopic (exact) mass is 420 g/mol. The SMILES string of the molecule is Fc1cc2c(cc1I)nc(CCl)n2CCCC1CCCC1. The lowest BCUT2D eigenvalue weighted by molar-refractivity contribution is 0.458. The van der Waals surface area contributed by atoms with E-state index < -0.39 is 0 Å². The second-order valence-corrected chi connectivity index (χ2v) is 7.29. The normalized spacial score (nSPS) is 16.1. The molecule has 0 atom stereocenters. The summed E-state index contributed by atoms with van der Waals surface area (Å²) in [6.45, 7) is 0.884. The van der Waals surface area contributed by atoms with Gasteiger partial charge in [0.2, 0.25) is 0 Å². The highest BCUT2D eigenvalue weighted by atomic mass is 127. The third-order valence-electron chi connectivity index (χ3n) is 4.46. The minimum Gasteiger partial charge on any atom is -0.327 e. The van der Waals surface area contributed by atoms with Gasteiger partial charge < -0.3 is 4.57 Å². The molecule has 1 aromatic carbocycles. The van der Waals surface area contributed by atoms with Gasteiger partial charge in [0.25, 0.3) is 0 Å². The molecule has 1 heterocycles. The average Bonchev–Trinajstić information content (AvgIpc) is 3.08. The molecule has 2 nitrogen and oxygen atoms in total. The number of halogens is 3. The van der Waals surface area contributed by atoms with Gasteiger partial charge in [0.15, 0.2) is 0 Å². The highest BCUT2D eigenvalue weighted by Crippen LogP contribution is 2.29. The van der Waals surface area contributed by atoms with Crippen LogP contribution in [0.4, 0.5) is 4.39 Å². The van der Waals surface area contributed by atoms with E-state index in [1.54, 1.807) is 12.1 Å². The van der Waals surface area contributed by atoms with Crippen LogP contribution in [0.5, 0.6) is 0 Å². The van der Waals surface area contributed by atoms with Crippen LogP contribution < -0.4 is 0 Å². The van der Waals surface area contributed by atoms with Crippen LogP contribution >= 0.6 is 34.2 Å². The third kappa shape index (κ3) is 3.36. The molecule has 21 heavy (non-hydrogen) atoms. The van der Waals surface area contributed by atoms with E-state index in [0.717, 1.165) is 35.7 Å². The molecule has 0 saturated heterocycles. The lowest BCUT2D eigenvalue weighted by Gasteiger charge is -2.11. The quantitative estimate of drug-likeness (QED) is 0.462. The summed E-state index contributed by atoms with van der Waals surface area (Å²) < 4.78 is 16.5. The van der Waals surface area contributed by atoms with Crippen LogP contribution in [0.1, 0.15) is 44.3 Å². The molecule has 3 rings (SSSR count). The lowest BCUT2D eigenvalue weighted by Crippen LogP contribution is -2.04. The molecule has 5 heteroatoms. The van der Waals surface area contributed by atoms with Crippen molar-refractivity contribution >= 4 is 45.2 Å². The molecule has 1 aromatic heterocycles. The number of alkyl halides is 1. The number of aromatic nitrogens is 2. The summed E-state index contributed by atoms with van der Waals surface area (Å²) in [5.74, 6) is 1.92. The van der Waals surface area contributed by atoms with E-state index >= 15 is 0 Å². The van der Waals surface area contributed by atoms with Crippen LogP contribution in [0.3, 0.4) is 0 Å². The van der Waals surface area contributed by atoms with Gasteiger partial charge in [-0.25, -0.2) is 9.37 Å². The number of fused-ring (bicyclic) bond motifs is 1. The molecular weight excluding hydrogens is 402 g/mol. The maximum Gasteiger partial charge on any atom is 0.138 e. The number of aryl methyl sites for hydroxylation is 1. The summed E-state index contributed by atoms with van der Waals surface area (Å²) in [5, 5.41) is 0. The van der Waals surface area contributed by atoms with Gasteiger partial charge in [-0.3, -0.25) is 0 Å². The van der Waals surface area contributed by atoms with Gasteiger partial charge in [0.1, 0.15) is 11.6 Å². The van der Waals surface area contributed by atoms with Crippen molar-refractivity contribution in [2.45, 2.75) is 50.9 Å². The molecule has 0 unspecified atom stereocenters. The molecule has 0 bridgehead atoms. The van der Waals surface area contributed by atoms with Gasteiger partial charge in [-0.05, 0) is 47.4 Å². The zero-order chi connectivity index (χ0) is 14.8. The molecule has 0 spiro atoms. The number of benzene rings is 1. The predicted molar refractivity (Wildman–Crippen MR) is 93.2 cm³/mol. The minimum atomic E-state index is -0.179. The first kappa shape index (κ1) is 15.5. The van der Waals surface area contributed by atoms with E-state index in [9.17, 15) is 4.39 Å². The van der Waals surface area contributed by atoms with Gasteiger partial charge in [0.05, 0.1) is 20.5 Å². The van der Waals surface area contributed by atoms with Crippen LogP contribution in [-0.4, -0.2) is 9.55 Å². The van der Waals surface area contributed by atoms with E-state index in [1.807, 2.05) is 22.6 Å². The molecule has 0 N–H and O–H groups in total. The third-order valence-corrected chi connectivity index (χ3v) is 5.52. The standard InChI is InChI=1S/C16H19ClFIN2/c17-10-16-20-14-9-13(19)12(18)8-15(14)21(16)7-3-6-11-4-1-2-5-11/h8-9,11H,1-7,10H2. The van der Waals surface area contributed by atoms with Crippen molar-refractivity contribution in [3.8, 4) is 0 Å². The minimum absolute atomic E-state index is 0.179. The van der Waals surface area contributed by atoms with Crippen molar-refractivity contribution in [3.63, 3.8) is 0 Å². The van der Waals surface area contributed by atoms with Crippen LogP contribution in [0.2, 0.25) is 0 Å². The van der Waals surface area contributed by atoms with E-state index in [1.165, 1.54) is 32.1 Å². The number of imidazole rings is 1. The second-order valence-electron chi connectivity index (χ2n) is 5.86. The summed E-state index contributed by atoms with van der Waals surface area (Å²) in [6, 6.07) is 3.39. The van der Waals surface area contributed by atoms with E-state index in [-0.39, 0.29) is 5.82 Å². The molecule has 1 fully saturated rings. The Bertz CT molecular complexity index is 635. The topological polar surface area (TPSA) is 17.8 Å². The Balaban J connectivity index is 1.80. The smallest absolute Gasteiger partial charge is 0.138 e. The van der Waals surface area contributed by atoms with Crippen molar-refractivity contribution in [2.24, 2.45) is 5.92 Å². The largest absolute Gasteiger partial charge is 0.327 e. The molecule has 1 aliphatic rings. The van der Waals surface area contributed by atoms with Crippen LogP contribution in [-0.2, 0) is 12.4 Å². The molecular formula is C16H19ClFIN2. The Labute approximate surface area is 143 Å². The number of rotatable bonds is 5. The van der Waals surface area contributed by atoms with E-state index in [4.69, 9.17) is 11.6 Å². The van der Waals surface area contributed by atoms with Gasteiger partial charge in [0, 0.05) is 12.6 Å². The Kier molecular flexibility index (Phi) is 5.04. The van der Waals surface area contributed by atoms with Crippen LogP contribution in [0.15, 0.2) is 12.1 Å². The number of nitrogens with zero attached hydrogens (tertiary/aromatic N) is 2. The highest BCUT2D eigenvalue weighted by Gasteiger charge is 2.16. The molecule has 1 aliphatic carbocycles. The maximum absolute atomic E-state index is 13.8. The van der Waals surface area contributed by atoms with Crippen molar-refractivity contribution in [3.05, 3.63) is 27.3 Å². The number of hydrogen-bond donors (Lipinski definition) is 0. The summed E-state index contributed by atoms with van der Waals surface area (Å²) in [4.78, 5) is 4.54. The predicted octanol–water partition coefficient (Wildman–Crippen LogP) is 5.49. The molecule has 0 radical (unpaired) electrons. The van der Waals surface area contributed by atoms with Gasteiger partial charge >= 0.3 is 0 Å². The van der Waals surface area contributed by atoms with E-state index in [0.29, 0.717) is 9.45 Å². The Hall–Kier alpha value is -0.360. The first-order valence-corrected chi connectivity index (χ1v) is 9.20. The van der Waals surface area contributed by atoms with Crippen molar-refractivity contribution in [1.29, 1.82) is 0 Å². The summed E-state index contributed by atoms with van der Waals surface area (Å²) in [6.07, 6.45) is 7.89. The summed E-state index contributed by atoms with van der Waals surface area (Å²) in [7, 11) is 0. The van der Waals surface area contributed by atoms with Crippen molar-refractivity contribution in [1.82, 2.24) is 9.55 Å². The molecule has 2 aromatic rings. The first-order chi connectivity index (χ1) is 10.2. The van der Waals surface area contributed by atoms with Crippen molar-refractivity contribution in [2.75, 3.05) is 0 Å². The summed E-state index contributed by atoms with van der Waals surface area (Å²) in [5.41, 5.74) is 1.72. The lowest BCUT2D eigenvalue weighted by atomic mass is 10.0. The second kappa shape index (κ2) is 6.82. The molecule has 114 valence electrons. The van der Waals surface area contributed by atoms with Crippen molar-refractivity contribution < 1.29 is 4.39 Å². The maximum atomic E-state index is 13.8. The fourth-order valence-electron chi connectivity index (χ4n) is 3.36. The van der Waals surface area contributed by atoms with Gasteiger partial charge in [-0.2, -0.15) is 0 Å². The molecule has 0 amide bonds. The summed E-state index contributed by atoms with van der Waals surface area (Å²) >= 11 is 8.01. The Morgan fingerprint density at radius 1 is 1.33 bits per heavy atom. The van der Waals surface area contributed by atoms with E-state index in [2.05, 4.69) is 9.55 Å². The zero-order valence-corrected chi connectivity index (χ0v) is 14.8. The van der Waals surface area contributed by atoms with Gasteiger partial charge in [-0.1, -0.05) is 25.7 Å². The molecule has 0 aliphatic heterocycles. The number of hydrogen-bond acceptors (Lipinski definition) is 1. The molecule has 1 saturated carbocycles.